The number of allylic oxidation sites excluding steroid dienone is 1. The summed E-state index contributed by atoms with van der Waals surface area (Å²) in [5, 5.41) is 2.77. The van der Waals surface area contributed by atoms with Gasteiger partial charge in [-0.05, 0) is 6.42 Å². The number of hydrogen-bond donors (Lipinski definition) is 1. The first kappa shape index (κ1) is 8.31. The molecule has 0 spiro atoms. The molecule has 1 saturated heterocycles. The Bertz CT molecular complexity index is 206. The van der Waals surface area contributed by atoms with Gasteiger partial charge < -0.3 is 5.32 Å². The lowest BCUT2D eigenvalue weighted by atomic mass is 9.78. The van der Waals surface area contributed by atoms with Crippen LogP contribution in [-0.4, -0.2) is 5.91 Å². The number of nitrogens with one attached hydrogen (secondary N) is 1. The van der Waals surface area contributed by atoms with Crippen LogP contribution < -0.4 is 5.32 Å². The van der Waals surface area contributed by atoms with Crippen LogP contribution in [-0.2, 0) is 4.79 Å². The molecule has 0 radical (unpaired) electrons. The molecule has 1 amide bonds. The molecule has 2 heteroatoms. The van der Waals surface area contributed by atoms with Crippen LogP contribution >= 0.6 is 0 Å². The van der Waals surface area contributed by atoms with Gasteiger partial charge in [-0.3, -0.25) is 4.79 Å². The van der Waals surface area contributed by atoms with E-state index in [0.717, 1.165) is 12.1 Å². The van der Waals surface area contributed by atoms with E-state index in [9.17, 15) is 4.79 Å². The highest BCUT2D eigenvalue weighted by Gasteiger charge is 2.42. The third-order valence-electron chi connectivity index (χ3n) is 2.65. The van der Waals surface area contributed by atoms with Gasteiger partial charge in [-0.15, -0.1) is 0 Å². The van der Waals surface area contributed by atoms with Gasteiger partial charge in [0.15, 0.2) is 0 Å². The van der Waals surface area contributed by atoms with Crippen molar-refractivity contribution >= 4 is 5.91 Å². The second-order valence-electron chi connectivity index (χ2n) is 3.65. The Kier molecular flexibility index (Phi) is 1.78. The van der Waals surface area contributed by atoms with Gasteiger partial charge >= 0.3 is 0 Å². The average Bonchev–Trinajstić information content (AvgIpc) is 2.04. The largest absolute Gasteiger partial charge is 0.330 e. The standard InChI is InChI=1S/C9H15NO/c1-5-7-8(11)10-6(2)9(7,3)4/h7H,2,5H2,1,3-4H3,(H,10,11). The molecule has 11 heavy (non-hydrogen) atoms. The lowest BCUT2D eigenvalue weighted by molar-refractivity contribution is -0.123. The van der Waals surface area contributed by atoms with E-state index in [2.05, 4.69) is 25.7 Å². The van der Waals surface area contributed by atoms with E-state index in [0.29, 0.717) is 0 Å². The maximum atomic E-state index is 11.3. The van der Waals surface area contributed by atoms with Crippen molar-refractivity contribution in [3.05, 3.63) is 12.3 Å². The molecule has 1 aliphatic rings. The summed E-state index contributed by atoms with van der Waals surface area (Å²) < 4.78 is 0. The number of hydrogen-bond acceptors (Lipinski definition) is 1. The summed E-state index contributed by atoms with van der Waals surface area (Å²) in [4.78, 5) is 11.3. The van der Waals surface area contributed by atoms with E-state index in [1.165, 1.54) is 0 Å². The van der Waals surface area contributed by atoms with Gasteiger partial charge in [0, 0.05) is 17.0 Å². The highest BCUT2D eigenvalue weighted by atomic mass is 16.2. The van der Waals surface area contributed by atoms with Gasteiger partial charge in [-0.2, -0.15) is 0 Å². The monoisotopic (exact) mass is 153 g/mol. The fourth-order valence-corrected chi connectivity index (χ4v) is 1.63. The smallest absolute Gasteiger partial charge is 0.228 e. The van der Waals surface area contributed by atoms with Crippen LogP contribution in [0.3, 0.4) is 0 Å². The van der Waals surface area contributed by atoms with Gasteiger partial charge in [0.2, 0.25) is 5.91 Å². The number of amides is 1. The Morgan fingerprint density at radius 1 is 1.64 bits per heavy atom. The third kappa shape index (κ3) is 1.06. The molecule has 0 aromatic carbocycles. The molecular weight excluding hydrogens is 138 g/mol. The Labute approximate surface area is 67.7 Å². The van der Waals surface area contributed by atoms with Crippen LogP contribution in [0, 0.1) is 11.3 Å². The molecule has 1 fully saturated rings. The van der Waals surface area contributed by atoms with Crippen molar-refractivity contribution in [2.24, 2.45) is 11.3 Å². The summed E-state index contributed by atoms with van der Waals surface area (Å²) in [6.45, 7) is 9.97. The molecule has 1 rings (SSSR count). The van der Waals surface area contributed by atoms with E-state index in [1.807, 2.05) is 6.92 Å². The van der Waals surface area contributed by atoms with Crippen LogP contribution in [0.5, 0.6) is 0 Å². The maximum Gasteiger partial charge on any atom is 0.228 e. The molecule has 0 bridgehead atoms. The molecule has 1 heterocycles. The van der Waals surface area contributed by atoms with E-state index < -0.39 is 0 Å². The van der Waals surface area contributed by atoms with Gasteiger partial charge in [0.1, 0.15) is 0 Å². The molecule has 0 saturated carbocycles. The van der Waals surface area contributed by atoms with Crippen molar-refractivity contribution < 1.29 is 4.79 Å². The minimum Gasteiger partial charge on any atom is -0.330 e. The van der Waals surface area contributed by atoms with Crippen molar-refractivity contribution in [1.82, 2.24) is 5.32 Å². The summed E-state index contributed by atoms with van der Waals surface area (Å²) in [5.74, 6) is 0.234. The highest BCUT2D eigenvalue weighted by Crippen LogP contribution is 2.39. The molecular formula is C9H15NO. The fourth-order valence-electron chi connectivity index (χ4n) is 1.63. The molecule has 62 valence electrons. The zero-order chi connectivity index (χ0) is 8.65. The molecule has 2 nitrogen and oxygen atoms in total. The van der Waals surface area contributed by atoms with Crippen LogP contribution in [0.2, 0.25) is 0 Å². The van der Waals surface area contributed by atoms with Crippen LogP contribution in [0.25, 0.3) is 0 Å². The minimum absolute atomic E-state index is 0.0637. The van der Waals surface area contributed by atoms with Crippen molar-refractivity contribution in [2.75, 3.05) is 0 Å². The molecule has 0 aromatic heterocycles. The first-order valence-electron chi connectivity index (χ1n) is 4.00. The van der Waals surface area contributed by atoms with Crippen LogP contribution in [0.1, 0.15) is 27.2 Å². The Morgan fingerprint density at radius 2 is 2.18 bits per heavy atom. The van der Waals surface area contributed by atoms with Crippen molar-refractivity contribution in [1.29, 1.82) is 0 Å². The van der Waals surface area contributed by atoms with Gasteiger partial charge in [-0.1, -0.05) is 27.4 Å². The van der Waals surface area contributed by atoms with Gasteiger partial charge in [0.25, 0.3) is 0 Å². The Morgan fingerprint density at radius 3 is 2.36 bits per heavy atom. The molecule has 1 N–H and O–H groups in total. The maximum absolute atomic E-state index is 11.3. The Hall–Kier alpha value is -0.790. The lowest BCUT2D eigenvalue weighted by Gasteiger charge is -2.23. The quantitative estimate of drug-likeness (QED) is 0.610. The SMILES string of the molecule is C=C1NC(=O)C(CC)C1(C)C. The predicted octanol–water partition coefficient (Wildman–Crippen LogP) is 1.68. The second kappa shape index (κ2) is 2.36. The van der Waals surface area contributed by atoms with E-state index >= 15 is 0 Å². The predicted molar refractivity (Wildman–Crippen MR) is 44.8 cm³/mol. The summed E-state index contributed by atoms with van der Waals surface area (Å²) >= 11 is 0. The van der Waals surface area contributed by atoms with Crippen molar-refractivity contribution in [2.45, 2.75) is 27.2 Å². The second-order valence-corrected chi connectivity index (χ2v) is 3.65. The van der Waals surface area contributed by atoms with E-state index in [-0.39, 0.29) is 17.2 Å². The molecule has 0 aliphatic carbocycles. The lowest BCUT2D eigenvalue weighted by Crippen LogP contribution is -2.22. The van der Waals surface area contributed by atoms with E-state index in [1.54, 1.807) is 0 Å². The summed E-state index contributed by atoms with van der Waals surface area (Å²) in [7, 11) is 0. The Balaban J connectivity index is 2.93. The van der Waals surface area contributed by atoms with Crippen molar-refractivity contribution in [3.63, 3.8) is 0 Å². The molecule has 1 aliphatic heterocycles. The zero-order valence-corrected chi connectivity index (χ0v) is 7.40. The molecule has 1 atom stereocenters. The third-order valence-corrected chi connectivity index (χ3v) is 2.65. The number of rotatable bonds is 1. The summed E-state index contributed by atoms with van der Waals surface area (Å²) in [5.41, 5.74) is 0.792. The molecule has 1 unspecified atom stereocenters. The zero-order valence-electron chi connectivity index (χ0n) is 7.40. The number of carbonyl (C=O) groups is 1. The first-order valence-corrected chi connectivity index (χ1v) is 4.00. The van der Waals surface area contributed by atoms with Crippen LogP contribution in [0.4, 0.5) is 0 Å². The van der Waals surface area contributed by atoms with Gasteiger partial charge in [-0.25, -0.2) is 0 Å². The normalized spacial score (nSPS) is 28.8. The summed E-state index contributed by atoms with van der Waals surface area (Å²) in [6, 6.07) is 0. The van der Waals surface area contributed by atoms with Crippen molar-refractivity contribution in [3.8, 4) is 0 Å². The molecule has 0 aromatic rings. The minimum atomic E-state index is -0.0637. The average molecular weight is 153 g/mol. The topological polar surface area (TPSA) is 29.1 Å². The first-order chi connectivity index (χ1) is 5.00. The van der Waals surface area contributed by atoms with Crippen LogP contribution in [0.15, 0.2) is 12.3 Å². The summed E-state index contributed by atoms with van der Waals surface area (Å²) in [6.07, 6.45) is 0.887. The fraction of sp³-hybridized carbons (Fsp3) is 0.667. The highest BCUT2D eigenvalue weighted by molar-refractivity contribution is 5.85. The van der Waals surface area contributed by atoms with E-state index in [4.69, 9.17) is 0 Å². The number of carbonyl (C=O) groups excluding carboxylic acids is 1. The van der Waals surface area contributed by atoms with Gasteiger partial charge in [0.05, 0.1) is 0 Å².